The molecule has 112 valence electrons. The zero-order valence-corrected chi connectivity index (χ0v) is 13.4. The molecular weight excluding hydrogens is 308 g/mol. The Kier molecular flexibility index (Phi) is 4.31. The van der Waals surface area contributed by atoms with E-state index in [1.54, 1.807) is 11.3 Å². The van der Waals surface area contributed by atoms with E-state index in [-0.39, 0.29) is 11.9 Å². The molecule has 1 saturated heterocycles. The van der Waals surface area contributed by atoms with E-state index in [0.29, 0.717) is 18.1 Å². The highest BCUT2D eigenvalue weighted by atomic mass is 35.5. The van der Waals surface area contributed by atoms with Gasteiger partial charge in [0.25, 0.3) is 0 Å². The van der Waals surface area contributed by atoms with Crippen LogP contribution in [0, 0.1) is 6.92 Å². The van der Waals surface area contributed by atoms with E-state index in [9.17, 15) is 4.79 Å². The number of carbonyl (C=O) groups is 1. The van der Waals surface area contributed by atoms with Gasteiger partial charge in [-0.1, -0.05) is 5.16 Å². The SMILES string of the molecule is Cc1noc(Cl)c1CCC(=O)N1CCCC1c1ccsc1. The largest absolute Gasteiger partial charge is 0.344 e. The summed E-state index contributed by atoms with van der Waals surface area (Å²) in [6.07, 6.45) is 3.15. The maximum absolute atomic E-state index is 12.5. The summed E-state index contributed by atoms with van der Waals surface area (Å²) in [5, 5.41) is 8.32. The molecule has 0 aliphatic carbocycles. The molecule has 0 saturated carbocycles. The first-order valence-corrected chi connectivity index (χ1v) is 8.41. The van der Waals surface area contributed by atoms with Gasteiger partial charge in [-0.25, -0.2) is 0 Å². The van der Waals surface area contributed by atoms with Crippen LogP contribution in [0.5, 0.6) is 0 Å². The number of carbonyl (C=O) groups excluding carboxylic acids is 1. The van der Waals surface area contributed by atoms with E-state index in [1.165, 1.54) is 5.56 Å². The number of aromatic nitrogens is 1. The fraction of sp³-hybridized carbons (Fsp3) is 0.467. The molecule has 6 heteroatoms. The van der Waals surface area contributed by atoms with Gasteiger partial charge >= 0.3 is 0 Å². The molecule has 2 aromatic rings. The van der Waals surface area contributed by atoms with Crippen LogP contribution in [0.3, 0.4) is 0 Å². The number of halogens is 1. The predicted molar refractivity (Wildman–Crippen MR) is 82.6 cm³/mol. The third-order valence-electron chi connectivity index (χ3n) is 4.03. The van der Waals surface area contributed by atoms with Gasteiger partial charge in [0.05, 0.1) is 11.7 Å². The van der Waals surface area contributed by atoms with Gasteiger partial charge in [-0.15, -0.1) is 0 Å². The maximum Gasteiger partial charge on any atom is 0.229 e. The highest BCUT2D eigenvalue weighted by Gasteiger charge is 2.30. The van der Waals surface area contributed by atoms with Gasteiger partial charge in [0.1, 0.15) is 0 Å². The van der Waals surface area contributed by atoms with Crippen LogP contribution in [0.4, 0.5) is 0 Å². The zero-order valence-electron chi connectivity index (χ0n) is 11.8. The molecule has 1 aliphatic rings. The van der Waals surface area contributed by atoms with E-state index in [4.69, 9.17) is 16.1 Å². The molecule has 4 nitrogen and oxygen atoms in total. The molecule has 2 aromatic heterocycles. The minimum atomic E-state index is 0.181. The van der Waals surface area contributed by atoms with E-state index < -0.39 is 0 Å². The van der Waals surface area contributed by atoms with Crippen molar-refractivity contribution in [1.82, 2.24) is 10.1 Å². The normalized spacial score (nSPS) is 18.4. The lowest BCUT2D eigenvalue weighted by Gasteiger charge is -2.24. The summed E-state index contributed by atoms with van der Waals surface area (Å²) in [6, 6.07) is 2.35. The molecule has 1 amide bonds. The van der Waals surface area contributed by atoms with Crippen LogP contribution in [0.2, 0.25) is 5.22 Å². The van der Waals surface area contributed by atoms with Crippen LogP contribution < -0.4 is 0 Å². The standard InChI is InChI=1S/C15H17ClN2O2S/c1-10-12(15(16)20-17-10)4-5-14(19)18-7-2-3-13(18)11-6-8-21-9-11/h6,8-9,13H,2-5,7H2,1H3. The third-order valence-corrected chi connectivity index (χ3v) is 5.03. The molecule has 1 unspecified atom stereocenters. The predicted octanol–water partition coefficient (Wildman–Crippen LogP) is 3.99. The number of rotatable bonds is 4. The number of hydrogen-bond acceptors (Lipinski definition) is 4. The smallest absolute Gasteiger partial charge is 0.229 e. The first kappa shape index (κ1) is 14.6. The molecule has 1 aliphatic heterocycles. The molecule has 21 heavy (non-hydrogen) atoms. The summed E-state index contributed by atoms with van der Waals surface area (Å²) >= 11 is 7.62. The quantitative estimate of drug-likeness (QED) is 0.854. The van der Waals surface area contributed by atoms with Gasteiger partial charge in [-0.3, -0.25) is 4.79 Å². The van der Waals surface area contributed by atoms with Crippen molar-refractivity contribution >= 4 is 28.8 Å². The highest BCUT2D eigenvalue weighted by molar-refractivity contribution is 7.07. The second kappa shape index (κ2) is 6.20. The fourth-order valence-corrected chi connectivity index (χ4v) is 3.86. The van der Waals surface area contributed by atoms with E-state index in [0.717, 1.165) is 30.6 Å². The number of likely N-dealkylation sites (tertiary alicyclic amines) is 1. The van der Waals surface area contributed by atoms with E-state index in [2.05, 4.69) is 22.0 Å². The van der Waals surface area contributed by atoms with Crippen molar-refractivity contribution in [1.29, 1.82) is 0 Å². The van der Waals surface area contributed by atoms with E-state index >= 15 is 0 Å². The molecule has 0 spiro atoms. The van der Waals surface area contributed by atoms with Crippen molar-refractivity contribution in [2.45, 2.75) is 38.6 Å². The van der Waals surface area contributed by atoms with Crippen LogP contribution >= 0.6 is 22.9 Å². The van der Waals surface area contributed by atoms with Crippen molar-refractivity contribution in [2.75, 3.05) is 6.54 Å². The van der Waals surface area contributed by atoms with Gasteiger partial charge in [-0.2, -0.15) is 11.3 Å². The van der Waals surface area contributed by atoms with Crippen molar-refractivity contribution in [3.63, 3.8) is 0 Å². The van der Waals surface area contributed by atoms with Crippen molar-refractivity contribution in [2.24, 2.45) is 0 Å². The molecule has 0 radical (unpaired) electrons. The lowest BCUT2D eigenvalue weighted by Crippen LogP contribution is -2.30. The van der Waals surface area contributed by atoms with Gasteiger partial charge in [-0.05, 0) is 60.2 Å². The Bertz CT molecular complexity index is 604. The Hall–Kier alpha value is -1.33. The van der Waals surface area contributed by atoms with Gasteiger partial charge in [0.2, 0.25) is 11.1 Å². The second-order valence-corrected chi connectivity index (χ2v) is 6.45. The molecule has 1 fully saturated rings. The monoisotopic (exact) mass is 324 g/mol. The first-order chi connectivity index (χ1) is 10.2. The summed E-state index contributed by atoms with van der Waals surface area (Å²) in [6.45, 7) is 2.69. The summed E-state index contributed by atoms with van der Waals surface area (Å²) < 4.78 is 4.92. The third kappa shape index (κ3) is 2.99. The number of thiophene rings is 1. The lowest BCUT2D eigenvalue weighted by molar-refractivity contribution is -0.132. The molecule has 0 bridgehead atoms. The van der Waals surface area contributed by atoms with Crippen molar-refractivity contribution in [3.8, 4) is 0 Å². The Balaban J connectivity index is 1.65. The molecule has 0 aromatic carbocycles. The molecule has 0 N–H and O–H groups in total. The van der Waals surface area contributed by atoms with Crippen LogP contribution in [0.15, 0.2) is 21.3 Å². The van der Waals surface area contributed by atoms with Gasteiger partial charge < -0.3 is 9.42 Å². The average Bonchev–Trinajstić information content (AvgIpc) is 3.18. The van der Waals surface area contributed by atoms with Gasteiger partial charge in [0.15, 0.2) is 0 Å². The van der Waals surface area contributed by atoms with Crippen molar-refractivity contribution < 1.29 is 9.32 Å². The van der Waals surface area contributed by atoms with E-state index in [1.807, 2.05) is 11.8 Å². The van der Waals surface area contributed by atoms with Crippen LogP contribution in [0.1, 0.15) is 42.1 Å². The number of amides is 1. The van der Waals surface area contributed by atoms with Crippen LogP contribution in [-0.4, -0.2) is 22.5 Å². The summed E-state index contributed by atoms with van der Waals surface area (Å²) in [5.41, 5.74) is 2.87. The fourth-order valence-electron chi connectivity index (χ4n) is 2.89. The minimum Gasteiger partial charge on any atom is -0.344 e. The lowest BCUT2D eigenvalue weighted by atomic mass is 10.1. The topological polar surface area (TPSA) is 46.3 Å². The number of nitrogens with zero attached hydrogens (tertiary/aromatic N) is 2. The Morgan fingerprint density at radius 2 is 2.48 bits per heavy atom. The first-order valence-electron chi connectivity index (χ1n) is 7.09. The van der Waals surface area contributed by atoms with Crippen LogP contribution in [-0.2, 0) is 11.2 Å². The average molecular weight is 325 g/mol. The Morgan fingerprint density at radius 1 is 1.62 bits per heavy atom. The highest BCUT2D eigenvalue weighted by Crippen LogP contribution is 2.33. The van der Waals surface area contributed by atoms with Crippen molar-refractivity contribution in [3.05, 3.63) is 38.9 Å². The number of hydrogen-bond donors (Lipinski definition) is 0. The molecular formula is C15H17ClN2O2S. The molecule has 3 heterocycles. The summed E-state index contributed by atoms with van der Waals surface area (Å²) in [7, 11) is 0. The number of aryl methyl sites for hydroxylation is 1. The summed E-state index contributed by atoms with van der Waals surface area (Å²) in [5.74, 6) is 0.181. The maximum atomic E-state index is 12.5. The minimum absolute atomic E-state index is 0.181. The second-order valence-electron chi connectivity index (χ2n) is 5.32. The van der Waals surface area contributed by atoms with Gasteiger partial charge in [0, 0.05) is 18.5 Å². The zero-order chi connectivity index (χ0) is 14.8. The Morgan fingerprint density at radius 3 is 3.14 bits per heavy atom. The molecule has 1 atom stereocenters. The van der Waals surface area contributed by atoms with Crippen LogP contribution in [0.25, 0.3) is 0 Å². The molecule has 3 rings (SSSR count). The summed E-state index contributed by atoms with van der Waals surface area (Å²) in [4.78, 5) is 14.5. The Labute approximate surface area is 132 Å².